The maximum Gasteiger partial charge on any atom is 0.331 e. The van der Waals surface area contributed by atoms with E-state index in [0.29, 0.717) is 26.1 Å². The van der Waals surface area contributed by atoms with E-state index >= 15 is 0 Å². The number of halogens is 1. The molecule has 0 spiro atoms. The summed E-state index contributed by atoms with van der Waals surface area (Å²) in [5.74, 6) is -0.192. The molecule has 1 aliphatic heterocycles. The van der Waals surface area contributed by atoms with E-state index in [1.54, 1.807) is 0 Å². The summed E-state index contributed by atoms with van der Waals surface area (Å²) in [5.41, 5.74) is 0.195. The van der Waals surface area contributed by atoms with Gasteiger partial charge in [-0.3, -0.25) is 0 Å². The van der Waals surface area contributed by atoms with Crippen LogP contribution in [0.5, 0.6) is 0 Å². The molecule has 21 heavy (non-hydrogen) atoms. The lowest BCUT2D eigenvalue weighted by molar-refractivity contribution is -0.154. The van der Waals surface area contributed by atoms with E-state index < -0.39 is 5.54 Å². The van der Waals surface area contributed by atoms with E-state index in [9.17, 15) is 4.79 Å². The molecule has 1 aromatic carbocycles. The number of nitrogens with one attached hydrogen (secondary N) is 1. The fourth-order valence-electron chi connectivity index (χ4n) is 2.65. The zero-order valence-corrected chi connectivity index (χ0v) is 14.1. The average Bonchev–Trinajstić information content (AvgIpc) is 2.50. The van der Waals surface area contributed by atoms with Crippen LogP contribution in [0.3, 0.4) is 0 Å². The smallest absolute Gasteiger partial charge is 0.331 e. The monoisotopic (exact) mass is 355 g/mol. The van der Waals surface area contributed by atoms with Crippen molar-refractivity contribution in [3.63, 3.8) is 0 Å². The lowest BCUT2D eigenvalue weighted by atomic mass is 9.85. The summed E-state index contributed by atoms with van der Waals surface area (Å²) in [6.07, 6.45) is 2.21. The predicted molar refractivity (Wildman–Crippen MR) is 86.4 cm³/mol. The quantitative estimate of drug-likeness (QED) is 0.817. The molecule has 2 rings (SSSR count). The number of carbonyl (C=O) groups excluding carboxylic acids is 1. The van der Waals surface area contributed by atoms with E-state index in [0.717, 1.165) is 16.6 Å². The summed E-state index contributed by atoms with van der Waals surface area (Å²) in [6.45, 7) is 4.86. The van der Waals surface area contributed by atoms with Crippen molar-refractivity contribution < 1.29 is 14.3 Å². The molecule has 0 saturated carbocycles. The van der Waals surface area contributed by atoms with Gasteiger partial charge >= 0.3 is 5.97 Å². The lowest BCUT2D eigenvalue weighted by Crippen LogP contribution is -2.53. The highest BCUT2D eigenvalue weighted by atomic mass is 79.9. The number of anilines is 1. The van der Waals surface area contributed by atoms with Crippen molar-refractivity contribution in [2.24, 2.45) is 0 Å². The Morgan fingerprint density at radius 3 is 2.90 bits per heavy atom. The van der Waals surface area contributed by atoms with Crippen molar-refractivity contribution in [2.45, 2.75) is 44.8 Å². The highest BCUT2D eigenvalue weighted by Gasteiger charge is 2.44. The van der Waals surface area contributed by atoms with Crippen molar-refractivity contribution in [3.8, 4) is 0 Å². The van der Waals surface area contributed by atoms with Gasteiger partial charge in [0, 0.05) is 29.6 Å². The van der Waals surface area contributed by atoms with Gasteiger partial charge < -0.3 is 14.8 Å². The fourth-order valence-corrected chi connectivity index (χ4v) is 3.04. The Hall–Kier alpha value is -1.07. The van der Waals surface area contributed by atoms with E-state index in [-0.39, 0.29) is 12.1 Å². The second kappa shape index (κ2) is 7.27. The maximum absolute atomic E-state index is 12.5. The third-order valence-corrected chi connectivity index (χ3v) is 4.52. The van der Waals surface area contributed by atoms with Crippen LogP contribution in [0.2, 0.25) is 0 Å². The van der Waals surface area contributed by atoms with E-state index in [4.69, 9.17) is 9.47 Å². The minimum Gasteiger partial charge on any atom is -0.464 e. The topological polar surface area (TPSA) is 47.6 Å². The molecular formula is C16H22BrNO3. The first-order chi connectivity index (χ1) is 10.1. The summed E-state index contributed by atoms with van der Waals surface area (Å²) in [7, 11) is 0. The predicted octanol–water partition coefficient (Wildman–Crippen LogP) is 3.75. The van der Waals surface area contributed by atoms with Gasteiger partial charge in [0.15, 0.2) is 0 Å². The number of hydrogen-bond acceptors (Lipinski definition) is 4. The molecular weight excluding hydrogens is 334 g/mol. The lowest BCUT2D eigenvalue weighted by Gasteiger charge is -2.40. The standard InChI is InChI=1S/C16H22BrNO3/c1-3-12-11-16(9-10-21-12,15(19)20-4-2)18-14-8-6-5-7-13(14)17/h5-8,12,18H,3-4,9-11H2,1-2H3. The van der Waals surface area contributed by atoms with Crippen LogP contribution >= 0.6 is 15.9 Å². The first-order valence-electron chi connectivity index (χ1n) is 7.43. The van der Waals surface area contributed by atoms with Crippen molar-refractivity contribution in [1.82, 2.24) is 0 Å². The van der Waals surface area contributed by atoms with Crippen molar-refractivity contribution >= 4 is 27.6 Å². The highest BCUT2D eigenvalue weighted by molar-refractivity contribution is 9.10. The number of para-hydroxylation sites is 1. The molecule has 0 aromatic heterocycles. The zero-order chi connectivity index (χ0) is 15.3. The normalized spacial score (nSPS) is 25.4. The SMILES string of the molecule is CCOC(=O)C1(Nc2ccccc2Br)CCOC(CC)C1. The number of esters is 1. The molecule has 2 atom stereocenters. The van der Waals surface area contributed by atoms with Gasteiger partial charge in [-0.2, -0.15) is 0 Å². The molecule has 0 radical (unpaired) electrons. The van der Waals surface area contributed by atoms with Crippen LogP contribution in [0.1, 0.15) is 33.1 Å². The number of carbonyl (C=O) groups is 1. The van der Waals surface area contributed by atoms with Crippen molar-refractivity contribution in [3.05, 3.63) is 28.7 Å². The van der Waals surface area contributed by atoms with Gasteiger partial charge in [-0.1, -0.05) is 19.1 Å². The van der Waals surface area contributed by atoms with E-state index in [1.165, 1.54) is 0 Å². The molecule has 2 unspecified atom stereocenters. The Labute approximate surface area is 134 Å². The van der Waals surface area contributed by atoms with Gasteiger partial charge in [0.05, 0.1) is 12.7 Å². The molecule has 0 aliphatic carbocycles. The fraction of sp³-hybridized carbons (Fsp3) is 0.562. The molecule has 1 saturated heterocycles. The highest BCUT2D eigenvalue weighted by Crippen LogP contribution is 2.34. The van der Waals surface area contributed by atoms with Gasteiger partial charge in [0.2, 0.25) is 0 Å². The average molecular weight is 356 g/mol. The van der Waals surface area contributed by atoms with Crippen LogP contribution in [-0.4, -0.2) is 30.8 Å². The maximum atomic E-state index is 12.5. The van der Waals surface area contributed by atoms with E-state index in [1.807, 2.05) is 31.2 Å². The zero-order valence-electron chi connectivity index (χ0n) is 12.5. The number of benzene rings is 1. The van der Waals surface area contributed by atoms with Gasteiger partial charge in [-0.15, -0.1) is 0 Å². The summed E-state index contributed by atoms with van der Waals surface area (Å²) in [4.78, 5) is 12.5. The summed E-state index contributed by atoms with van der Waals surface area (Å²) in [6, 6.07) is 7.81. The first kappa shape index (κ1) is 16.3. The second-order valence-electron chi connectivity index (χ2n) is 5.26. The van der Waals surface area contributed by atoms with Crippen molar-refractivity contribution in [2.75, 3.05) is 18.5 Å². The van der Waals surface area contributed by atoms with Gasteiger partial charge in [-0.05, 0) is 41.4 Å². The van der Waals surface area contributed by atoms with Gasteiger partial charge in [0.25, 0.3) is 0 Å². The largest absolute Gasteiger partial charge is 0.464 e. The molecule has 1 aliphatic rings. The van der Waals surface area contributed by atoms with Crippen molar-refractivity contribution in [1.29, 1.82) is 0 Å². The summed E-state index contributed by atoms with van der Waals surface area (Å²) in [5, 5.41) is 3.41. The van der Waals surface area contributed by atoms with Gasteiger partial charge in [-0.25, -0.2) is 4.79 Å². The molecule has 0 amide bonds. The van der Waals surface area contributed by atoms with Crippen LogP contribution in [0, 0.1) is 0 Å². The van der Waals surface area contributed by atoms with E-state index in [2.05, 4.69) is 28.2 Å². The molecule has 1 aromatic rings. The Morgan fingerprint density at radius 1 is 1.48 bits per heavy atom. The molecule has 0 bridgehead atoms. The summed E-state index contributed by atoms with van der Waals surface area (Å²) < 4.78 is 12.0. The van der Waals surface area contributed by atoms with Gasteiger partial charge in [0.1, 0.15) is 5.54 Å². The number of hydrogen-bond donors (Lipinski definition) is 1. The molecule has 4 nitrogen and oxygen atoms in total. The number of ether oxygens (including phenoxy) is 2. The third-order valence-electron chi connectivity index (χ3n) is 3.83. The number of rotatable bonds is 5. The van der Waals surface area contributed by atoms with Crippen LogP contribution < -0.4 is 5.32 Å². The van der Waals surface area contributed by atoms with Crippen LogP contribution in [0.15, 0.2) is 28.7 Å². The first-order valence-corrected chi connectivity index (χ1v) is 8.22. The Bertz CT molecular complexity index is 494. The second-order valence-corrected chi connectivity index (χ2v) is 6.12. The van der Waals surface area contributed by atoms with Crippen LogP contribution in [-0.2, 0) is 14.3 Å². The minimum absolute atomic E-state index is 0.0816. The Balaban J connectivity index is 2.27. The molecule has 1 N–H and O–H groups in total. The molecule has 1 heterocycles. The minimum atomic E-state index is -0.710. The third kappa shape index (κ3) is 3.77. The Morgan fingerprint density at radius 2 is 2.24 bits per heavy atom. The molecule has 5 heteroatoms. The van der Waals surface area contributed by atoms with Crippen LogP contribution in [0.25, 0.3) is 0 Å². The molecule has 1 fully saturated rings. The van der Waals surface area contributed by atoms with Crippen LogP contribution in [0.4, 0.5) is 5.69 Å². The molecule has 116 valence electrons. The Kier molecular flexibility index (Phi) is 5.65. The summed E-state index contributed by atoms with van der Waals surface area (Å²) >= 11 is 3.52.